The Bertz CT molecular complexity index is 1200. The predicted octanol–water partition coefficient (Wildman–Crippen LogP) is 4.73. The molecule has 0 unspecified atom stereocenters. The van der Waals surface area contributed by atoms with Crippen LogP contribution in [0.15, 0.2) is 42.5 Å². The van der Waals surface area contributed by atoms with E-state index in [2.05, 4.69) is 10.6 Å². The van der Waals surface area contributed by atoms with E-state index in [1.807, 2.05) is 6.92 Å². The normalized spacial score (nSPS) is 20.4. The van der Waals surface area contributed by atoms with Crippen LogP contribution in [0.4, 0.5) is 20.6 Å². The highest BCUT2D eigenvalue weighted by Gasteiger charge is 2.34. The van der Waals surface area contributed by atoms with Crippen LogP contribution in [0.2, 0.25) is 0 Å². The monoisotopic (exact) mass is 554 g/mol. The Balaban J connectivity index is 1.55. The first-order valence-electron chi connectivity index (χ1n) is 14.0. The van der Waals surface area contributed by atoms with Crippen LogP contribution in [0.3, 0.4) is 0 Å². The number of fused-ring (bicyclic) bond motifs is 1. The minimum absolute atomic E-state index is 0.0320. The standard InChI is InChI=1S/C30H39FN4O5/c1-19-16-35(20(2)18-36)29(38)25-15-24(32-28(37)21-7-5-4-6-8-21)13-14-26(25)40-27(19)17-34(3)30(39)33-23-11-9-22(31)10-12-23/h9-15,19-21,27,36H,4-8,16-18H2,1-3H3,(H,32,37)(H,33,39)/t19-,20-,27+/m0/s1. The fraction of sp³-hybridized carbons (Fsp3) is 0.500. The van der Waals surface area contributed by atoms with Crippen molar-refractivity contribution in [3.8, 4) is 5.75 Å². The zero-order valence-corrected chi connectivity index (χ0v) is 23.4. The van der Waals surface area contributed by atoms with Gasteiger partial charge in [-0.1, -0.05) is 26.2 Å². The maximum atomic E-state index is 13.7. The number of aliphatic hydroxyl groups is 1. The van der Waals surface area contributed by atoms with Gasteiger partial charge in [0.2, 0.25) is 5.91 Å². The Morgan fingerprint density at radius 2 is 1.77 bits per heavy atom. The number of amides is 4. The second-order valence-electron chi connectivity index (χ2n) is 11.0. The first-order valence-corrected chi connectivity index (χ1v) is 14.0. The Labute approximate surface area is 234 Å². The quantitative estimate of drug-likeness (QED) is 0.458. The van der Waals surface area contributed by atoms with Crippen LogP contribution in [0.5, 0.6) is 5.75 Å². The molecule has 1 fully saturated rings. The van der Waals surface area contributed by atoms with E-state index in [1.165, 1.54) is 29.2 Å². The molecule has 4 rings (SSSR count). The molecular formula is C30H39FN4O5. The summed E-state index contributed by atoms with van der Waals surface area (Å²) in [6.07, 6.45) is 4.48. The minimum atomic E-state index is -0.480. The summed E-state index contributed by atoms with van der Waals surface area (Å²) in [6.45, 7) is 4.01. The molecule has 1 heterocycles. The van der Waals surface area contributed by atoms with E-state index in [0.29, 0.717) is 23.7 Å². The van der Waals surface area contributed by atoms with Crippen molar-refractivity contribution in [1.82, 2.24) is 9.80 Å². The van der Waals surface area contributed by atoms with Crippen LogP contribution < -0.4 is 15.4 Å². The molecule has 40 heavy (non-hydrogen) atoms. The number of benzene rings is 2. The smallest absolute Gasteiger partial charge is 0.321 e. The van der Waals surface area contributed by atoms with E-state index in [4.69, 9.17) is 4.74 Å². The molecule has 2 aromatic rings. The van der Waals surface area contributed by atoms with Crippen LogP contribution in [-0.4, -0.2) is 71.6 Å². The molecule has 3 atom stereocenters. The van der Waals surface area contributed by atoms with Crippen molar-refractivity contribution in [3.63, 3.8) is 0 Å². The van der Waals surface area contributed by atoms with Crippen molar-refractivity contribution in [2.24, 2.45) is 11.8 Å². The van der Waals surface area contributed by atoms with Gasteiger partial charge < -0.3 is 30.3 Å². The average molecular weight is 555 g/mol. The molecule has 0 aromatic heterocycles. The molecular weight excluding hydrogens is 515 g/mol. The molecule has 1 saturated carbocycles. The fourth-order valence-electron chi connectivity index (χ4n) is 5.23. The number of ether oxygens (including phenoxy) is 1. The van der Waals surface area contributed by atoms with E-state index < -0.39 is 18.0 Å². The summed E-state index contributed by atoms with van der Waals surface area (Å²) in [5.41, 5.74) is 1.27. The number of hydrogen-bond donors (Lipinski definition) is 3. The van der Waals surface area contributed by atoms with E-state index in [9.17, 15) is 23.9 Å². The van der Waals surface area contributed by atoms with Gasteiger partial charge in [0.25, 0.3) is 5.91 Å². The molecule has 0 saturated heterocycles. The highest BCUT2D eigenvalue weighted by atomic mass is 19.1. The van der Waals surface area contributed by atoms with Crippen molar-refractivity contribution < 1.29 is 28.6 Å². The van der Waals surface area contributed by atoms with Crippen molar-refractivity contribution in [2.75, 3.05) is 37.4 Å². The molecule has 3 N–H and O–H groups in total. The maximum absolute atomic E-state index is 13.7. The zero-order chi connectivity index (χ0) is 28.8. The number of nitrogens with one attached hydrogen (secondary N) is 2. The van der Waals surface area contributed by atoms with Gasteiger partial charge in [-0.3, -0.25) is 9.59 Å². The van der Waals surface area contributed by atoms with Crippen LogP contribution in [0, 0.1) is 17.7 Å². The van der Waals surface area contributed by atoms with Gasteiger partial charge in [0.15, 0.2) is 0 Å². The number of likely N-dealkylation sites (N-methyl/N-ethyl adjacent to an activating group) is 1. The molecule has 9 nitrogen and oxygen atoms in total. The van der Waals surface area contributed by atoms with Gasteiger partial charge in [0.05, 0.1) is 24.8 Å². The molecule has 1 aliphatic carbocycles. The number of rotatable bonds is 7. The highest BCUT2D eigenvalue weighted by Crippen LogP contribution is 2.32. The van der Waals surface area contributed by atoms with Gasteiger partial charge in [-0.05, 0) is 62.2 Å². The molecule has 0 bridgehead atoms. The number of hydrogen-bond acceptors (Lipinski definition) is 5. The topological polar surface area (TPSA) is 111 Å². The number of anilines is 2. The Morgan fingerprint density at radius 3 is 2.45 bits per heavy atom. The number of carbonyl (C=O) groups is 3. The molecule has 2 aromatic carbocycles. The summed E-state index contributed by atoms with van der Waals surface area (Å²) in [5.74, 6) is -0.597. The second-order valence-corrected chi connectivity index (χ2v) is 11.0. The van der Waals surface area contributed by atoms with Crippen molar-refractivity contribution in [2.45, 2.75) is 58.1 Å². The molecule has 216 valence electrons. The zero-order valence-electron chi connectivity index (χ0n) is 23.4. The average Bonchev–Trinajstić information content (AvgIpc) is 2.96. The van der Waals surface area contributed by atoms with Crippen LogP contribution in [-0.2, 0) is 4.79 Å². The first-order chi connectivity index (χ1) is 19.2. The number of urea groups is 1. The third-order valence-electron chi connectivity index (χ3n) is 7.80. The minimum Gasteiger partial charge on any atom is -0.487 e. The molecule has 1 aliphatic heterocycles. The van der Waals surface area contributed by atoms with Crippen LogP contribution in [0.25, 0.3) is 0 Å². The van der Waals surface area contributed by atoms with Gasteiger partial charge in [-0.15, -0.1) is 0 Å². The molecule has 0 radical (unpaired) electrons. The van der Waals surface area contributed by atoms with E-state index in [1.54, 1.807) is 37.1 Å². The number of aliphatic hydroxyl groups excluding tert-OH is 1. The van der Waals surface area contributed by atoms with Crippen molar-refractivity contribution in [3.05, 3.63) is 53.8 Å². The summed E-state index contributed by atoms with van der Waals surface area (Å²) in [6, 6.07) is 9.71. The SMILES string of the molecule is C[C@H]1CN([C@@H](C)CO)C(=O)c2cc(NC(=O)C3CCCCC3)ccc2O[C@@H]1CN(C)C(=O)Nc1ccc(F)cc1. The number of nitrogens with zero attached hydrogens (tertiary/aromatic N) is 2. The largest absolute Gasteiger partial charge is 0.487 e. The Hall–Kier alpha value is -3.66. The summed E-state index contributed by atoms with van der Waals surface area (Å²) in [5, 5.41) is 15.6. The van der Waals surface area contributed by atoms with E-state index in [0.717, 1.165) is 32.1 Å². The predicted molar refractivity (Wildman–Crippen MR) is 151 cm³/mol. The van der Waals surface area contributed by atoms with Gasteiger partial charge in [0, 0.05) is 36.8 Å². The first kappa shape index (κ1) is 29.3. The van der Waals surface area contributed by atoms with E-state index in [-0.39, 0.29) is 48.4 Å². The summed E-state index contributed by atoms with van der Waals surface area (Å²) in [7, 11) is 1.64. The Kier molecular flexibility index (Phi) is 9.63. The summed E-state index contributed by atoms with van der Waals surface area (Å²) in [4.78, 5) is 42.5. The van der Waals surface area contributed by atoms with Crippen LogP contribution >= 0.6 is 0 Å². The fourth-order valence-corrected chi connectivity index (χ4v) is 5.23. The second kappa shape index (κ2) is 13.1. The number of carbonyl (C=O) groups excluding carboxylic acids is 3. The third kappa shape index (κ3) is 7.10. The lowest BCUT2D eigenvalue weighted by atomic mass is 9.88. The third-order valence-corrected chi connectivity index (χ3v) is 7.80. The maximum Gasteiger partial charge on any atom is 0.321 e. The lowest BCUT2D eigenvalue weighted by molar-refractivity contribution is -0.120. The van der Waals surface area contributed by atoms with Gasteiger partial charge in [-0.25, -0.2) is 9.18 Å². The summed E-state index contributed by atoms with van der Waals surface area (Å²) < 4.78 is 19.6. The molecule has 0 spiro atoms. The summed E-state index contributed by atoms with van der Waals surface area (Å²) >= 11 is 0. The van der Waals surface area contributed by atoms with Crippen molar-refractivity contribution in [1.29, 1.82) is 0 Å². The van der Waals surface area contributed by atoms with Gasteiger partial charge in [0.1, 0.15) is 17.7 Å². The van der Waals surface area contributed by atoms with Crippen LogP contribution in [0.1, 0.15) is 56.3 Å². The molecule has 10 heteroatoms. The van der Waals surface area contributed by atoms with Gasteiger partial charge in [-0.2, -0.15) is 0 Å². The molecule has 2 aliphatic rings. The lowest BCUT2D eigenvalue weighted by Crippen LogP contribution is -2.50. The van der Waals surface area contributed by atoms with Crippen molar-refractivity contribution >= 4 is 29.2 Å². The van der Waals surface area contributed by atoms with E-state index >= 15 is 0 Å². The lowest BCUT2D eigenvalue weighted by Gasteiger charge is -2.38. The Morgan fingerprint density at radius 1 is 1.10 bits per heavy atom. The highest BCUT2D eigenvalue weighted by molar-refractivity contribution is 6.00. The number of halogens is 1. The van der Waals surface area contributed by atoms with Gasteiger partial charge >= 0.3 is 6.03 Å². The molecule has 4 amide bonds.